The van der Waals surface area contributed by atoms with E-state index in [1.165, 1.54) is 12.1 Å². The van der Waals surface area contributed by atoms with Crippen LogP contribution in [0.2, 0.25) is 36.3 Å². The number of benzene rings is 1. The molecule has 0 saturated carbocycles. The van der Waals surface area contributed by atoms with Crippen LogP contribution >= 0.6 is 0 Å². The molecular formula is C24H41NO5Si2. The Morgan fingerprint density at radius 1 is 0.812 bits per heavy atom. The third-order valence-electron chi connectivity index (χ3n) is 7.39. The maximum absolute atomic E-state index is 13.2. The standard InChI is InChI=1S/C24H41NO5Si2/c1-23(2,3)31(7,8)29-19-15-25(16-20(19)30-32(9,10)24(4,5)6)21(26)17-11-13-18(14-12-17)22(27)28/h11-14,19-20H,15-16H2,1-10H3,(H,27,28)/t19-,20-/m0/s1. The molecule has 0 aromatic heterocycles. The summed E-state index contributed by atoms with van der Waals surface area (Å²) in [7, 11) is -4.13. The molecular weight excluding hydrogens is 438 g/mol. The number of likely N-dealkylation sites (tertiary alicyclic amines) is 1. The van der Waals surface area contributed by atoms with Crippen LogP contribution in [0.1, 0.15) is 62.3 Å². The zero-order chi connectivity index (χ0) is 24.7. The lowest BCUT2D eigenvalue weighted by Gasteiger charge is -2.42. The predicted octanol–water partition coefficient (Wildman–Crippen LogP) is 5.62. The summed E-state index contributed by atoms with van der Waals surface area (Å²) < 4.78 is 13.5. The SMILES string of the molecule is CC(C)(C)[Si](C)(C)O[C@H]1CN(C(=O)c2ccc(C(=O)O)cc2)C[C@@H]1O[Si](C)(C)C(C)(C)C. The molecule has 1 fully saturated rings. The number of carbonyl (C=O) groups is 2. The molecule has 1 N–H and O–H groups in total. The van der Waals surface area contributed by atoms with E-state index in [2.05, 4.69) is 67.7 Å². The lowest BCUT2D eigenvalue weighted by atomic mass is 10.1. The Balaban J connectivity index is 2.29. The normalized spacial score (nSPS) is 20.5. The average molecular weight is 480 g/mol. The predicted molar refractivity (Wildman–Crippen MR) is 133 cm³/mol. The first kappa shape index (κ1) is 26.8. The number of hydrogen-bond acceptors (Lipinski definition) is 4. The van der Waals surface area contributed by atoms with Crippen LogP contribution in [0.4, 0.5) is 0 Å². The molecule has 2 atom stereocenters. The molecule has 6 nitrogen and oxygen atoms in total. The first-order valence-corrected chi connectivity index (χ1v) is 17.2. The number of carboxylic acid groups (broad SMARTS) is 1. The van der Waals surface area contributed by atoms with Gasteiger partial charge in [0.15, 0.2) is 16.6 Å². The summed E-state index contributed by atoms with van der Waals surface area (Å²) in [4.78, 5) is 26.2. The van der Waals surface area contributed by atoms with E-state index >= 15 is 0 Å². The summed E-state index contributed by atoms with van der Waals surface area (Å²) in [6.45, 7) is 23.1. The van der Waals surface area contributed by atoms with Gasteiger partial charge in [0.1, 0.15) is 0 Å². The third-order valence-corrected chi connectivity index (χ3v) is 16.4. The van der Waals surface area contributed by atoms with Crippen LogP contribution in [0.3, 0.4) is 0 Å². The van der Waals surface area contributed by atoms with Crippen molar-refractivity contribution in [3.05, 3.63) is 35.4 Å². The molecule has 32 heavy (non-hydrogen) atoms. The van der Waals surface area contributed by atoms with E-state index in [0.717, 1.165) is 0 Å². The van der Waals surface area contributed by atoms with E-state index in [4.69, 9.17) is 14.0 Å². The van der Waals surface area contributed by atoms with Gasteiger partial charge in [-0.15, -0.1) is 0 Å². The van der Waals surface area contributed by atoms with E-state index in [-0.39, 0.29) is 33.8 Å². The molecule has 180 valence electrons. The highest BCUT2D eigenvalue weighted by molar-refractivity contribution is 6.74. The molecule has 2 rings (SSSR count). The Morgan fingerprint density at radius 2 is 1.16 bits per heavy atom. The van der Waals surface area contributed by atoms with Crippen molar-refractivity contribution in [2.75, 3.05) is 13.1 Å². The maximum Gasteiger partial charge on any atom is 0.335 e. The van der Waals surface area contributed by atoms with Crippen molar-refractivity contribution in [2.45, 2.75) is 90.0 Å². The molecule has 1 aliphatic heterocycles. The number of aromatic carboxylic acids is 1. The van der Waals surface area contributed by atoms with Gasteiger partial charge in [0.05, 0.1) is 17.8 Å². The largest absolute Gasteiger partial charge is 0.478 e. The van der Waals surface area contributed by atoms with Gasteiger partial charge in [-0.3, -0.25) is 4.79 Å². The van der Waals surface area contributed by atoms with Crippen LogP contribution in [0, 0.1) is 0 Å². The summed E-state index contributed by atoms with van der Waals surface area (Å²) in [5.41, 5.74) is 0.648. The Morgan fingerprint density at radius 3 is 1.47 bits per heavy atom. The molecule has 1 heterocycles. The van der Waals surface area contributed by atoms with Crippen molar-refractivity contribution in [3.8, 4) is 0 Å². The monoisotopic (exact) mass is 479 g/mol. The molecule has 8 heteroatoms. The van der Waals surface area contributed by atoms with Crippen molar-refractivity contribution in [1.29, 1.82) is 0 Å². The van der Waals surface area contributed by atoms with Gasteiger partial charge in [0.25, 0.3) is 5.91 Å². The number of nitrogens with zero attached hydrogens (tertiary/aromatic N) is 1. The molecule has 1 saturated heterocycles. The Bertz CT molecular complexity index is 801. The topological polar surface area (TPSA) is 76.1 Å². The summed E-state index contributed by atoms with van der Waals surface area (Å²) in [6, 6.07) is 6.10. The van der Waals surface area contributed by atoms with Crippen LogP contribution in [-0.2, 0) is 8.85 Å². The number of carbonyl (C=O) groups excluding carboxylic acids is 1. The lowest BCUT2D eigenvalue weighted by molar-refractivity contribution is 0.0694. The van der Waals surface area contributed by atoms with Gasteiger partial charge in [-0.05, 0) is 60.5 Å². The van der Waals surface area contributed by atoms with Crippen molar-refractivity contribution < 1.29 is 23.5 Å². The van der Waals surface area contributed by atoms with E-state index in [0.29, 0.717) is 18.7 Å². The zero-order valence-electron chi connectivity index (χ0n) is 21.4. The Labute approximate surface area is 195 Å². The van der Waals surface area contributed by atoms with E-state index < -0.39 is 22.6 Å². The highest BCUT2D eigenvalue weighted by atomic mass is 28.4. The molecule has 0 bridgehead atoms. The van der Waals surface area contributed by atoms with Crippen molar-refractivity contribution in [2.24, 2.45) is 0 Å². The number of amides is 1. The van der Waals surface area contributed by atoms with Crippen molar-refractivity contribution in [1.82, 2.24) is 4.90 Å². The highest BCUT2D eigenvalue weighted by Crippen LogP contribution is 2.41. The number of carboxylic acids is 1. The molecule has 0 unspecified atom stereocenters. The van der Waals surface area contributed by atoms with E-state index in [1.807, 2.05) is 0 Å². The van der Waals surface area contributed by atoms with Crippen LogP contribution in [0.25, 0.3) is 0 Å². The Hall–Kier alpha value is -1.49. The van der Waals surface area contributed by atoms with Gasteiger partial charge in [0, 0.05) is 18.7 Å². The first-order chi connectivity index (χ1) is 14.4. The highest BCUT2D eigenvalue weighted by Gasteiger charge is 2.48. The summed E-state index contributed by atoms with van der Waals surface area (Å²) in [6.07, 6.45) is -0.348. The fourth-order valence-corrected chi connectivity index (χ4v) is 5.86. The molecule has 0 spiro atoms. The van der Waals surface area contributed by atoms with Crippen LogP contribution < -0.4 is 0 Å². The van der Waals surface area contributed by atoms with Gasteiger partial charge >= 0.3 is 5.97 Å². The second-order valence-electron chi connectivity index (χ2n) is 11.9. The second-order valence-corrected chi connectivity index (χ2v) is 21.4. The quantitative estimate of drug-likeness (QED) is 0.536. The molecule has 0 radical (unpaired) electrons. The van der Waals surface area contributed by atoms with E-state index in [9.17, 15) is 9.59 Å². The fraction of sp³-hybridized carbons (Fsp3) is 0.667. The van der Waals surface area contributed by atoms with Gasteiger partial charge in [0.2, 0.25) is 0 Å². The van der Waals surface area contributed by atoms with Gasteiger partial charge in [-0.2, -0.15) is 0 Å². The molecule has 1 amide bonds. The minimum Gasteiger partial charge on any atom is -0.478 e. The summed E-state index contributed by atoms with van der Waals surface area (Å²) >= 11 is 0. The Kier molecular flexibility index (Phi) is 7.56. The zero-order valence-corrected chi connectivity index (χ0v) is 23.4. The molecule has 0 aliphatic carbocycles. The van der Waals surface area contributed by atoms with Crippen molar-refractivity contribution >= 4 is 28.5 Å². The molecule has 1 aromatic carbocycles. The minimum atomic E-state index is -2.06. The summed E-state index contributed by atoms with van der Waals surface area (Å²) in [5, 5.41) is 9.23. The number of rotatable bonds is 6. The van der Waals surface area contributed by atoms with Crippen LogP contribution in [-0.4, -0.2) is 63.8 Å². The molecule has 1 aromatic rings. The van der Waals surface area contributed by atoms with Gasteiger partial charge < -0.3 is 18.9 Å². The van der Waals surface area contributed by atoms with Gasteiger partial charge in [-0.25, -0.2) is 4.79 Å². The fourth-order valence-electron chi connectivity index (χ4n) is 3.18. The maximum atomic E-state index is 13.2. The lowest BCUT2D eigenvalue weighted by Crippen LogP contribution is -2.51. The summed E-state index contributed by atoms with van der Waals surface area (Å²) in [5.74, 6) is -1.12. The van der Waals surface area contributed by atoms with Crippen LogP contribution in [0.5, 0.6) is 0 Å². The number of hydrogen-bond donors (Lipinski definition) is 1. The smallest absolute Gasteiger partial charge is 0.335 e. The third kappa shape index (κ3) is 5.89. The van der Waals surface area contributed by atoms with Crippen molar-refractivity contribution in [3.63, 3.8) is 0 Å². The second kappa shape index (κ2) is 9.04. The average Bonchev–Trinajstić information content (AvgIpc) is 3.00. The van der Waals surface area contributed by atoms with E-state index in [1.54, 1.807) is 17.0 Å². The molecule has 1 aliphatic rings. The van der Waals surface area contributed by atoms with Gasteiger partial charge in [-0.1, -0.05) is 41.5 Å². The minimum absolute atomic E-state index is 0.0542. The first-order valence-electron chi connectivity index (χ1n) is 11.3. The van der Waals surface area contributed by atoms with Crippen LogP contribution in [0.15, 0.2) is 24.3 Å².